The van der Waals surface area contributed by atoms with E-state index < -0.39 is 17.1 Å². The molecule has 0 heterocycles. The monoisotopic (exact) mass is 332 g/mol. The summed E-state index contributed by atoms with van der Waals surface area (Å²) in [5.74, 6) is -1.31. The van der Waals surface area contributed by atoms with E-state index in [0.717, 1.165) is 0 Å². The number of amides is 2. The van der Waals surface area contributed by atoms with E-state index in [1.165, 1.54) is 18.2 Å². The summed E-state index contributed by atoms with van der Waals surface area (Å²) in [5.41, 5.74) is -0.0712. The Morgan fingerprint density at radius 1 is 0.957 bits per heavy atom. The van der Waals surface area contributed by atoms with E-state index in [2.05, 4.69) is 10.6 Å². The lowest BCUT2D eigenvalue weighted by Crippen LogP contribution is -2.35. The molecule has 1 aliphatic rings. The van der Waals surface area contributed by atoms with Crippen LogP contribution in [0.25, 0.3) is 0 Å². The van der Waals surface area contributed by atoms with Crippen LogP contribution in [0.15, 0.2) is 48.5 Å². The predicted molar refractivity (Wildman–Crippen MR) is 86.8 cm³/mol. The summed E-state index contributed by atoms with van der Waals surface area (Å²) in [6, 6.07) is 12.8. The Morgan fingerprint density at radius 2 is 1.57 bits per heavy atom. The van der Waals surface area contributed by atoms with Crippen LogP contribution in [0.2, 0.25) is 5.02 Å². The lowest BCUT2D eigenvalue weighted by molar-refractivity contribution is -0.131. The third-order valence-corrected chi connectivity index (χ3v) is 4.12. The van der Waals surface area contributed by atoms with E-state index in [1.807, 2.05) is 6.07 Å². The first kappa shape index (κ1) is 15.5. The van der Waals surface area contributed by atoms with E-state index in [9.17, 15) is 14.0 Å². The van der Waals surface area contributed by atoms with Crippen molar-refractivity contribution < 1.29 is 14.0 Å². The van der Waals surface area contributed by atoms with Crippen LogP contribution in [0.4, 0.5) is 15.8 Å². The maximum Gasteiger partial charge on any atom is 0.240 e. The van der Waals surface area contributed by atoms with Crippen molar-refractivity contribution in [1.29, 1.82) is 0 Å². The minimum Gasteiger partial charge on any atom is -0.325 e. The molecule has 2 aromatic rings. The summed E-state index contributed by atoms with van der Waals surface area (Å²) >= 11 is 5.69. The number of halogens is 2. The first-order valence-corrected chi connectivity index (χ1v) is 7.52. The van der Waals surface area contributed by atoms with Crippen molar-refractivity contribution in [1.82, 2.24) is 0 Å². The smallest absolute Gasteiger partial charge is 0.240 e. The molecule has 1 aliphatic carbocycles. The zero-order valence-corrected chi connectivity index (χ0v) is 12.9. The van der Waals surface area contributed by atoms with E-state index in [0.29, 0.717) is 24.2 Å². The highest BCUT2D eigenvalue weighted by molar-refractivity contribution is 6.31. The number of hydrogen-bond acceptors (Lipinski definition) is 2. The number of hydrogen-bond donors (Lipinski definition) is 2. The van der Waals surface area contributed by atoms with E-state index >= 15 is 0 Å². The van der Waals surface area contributed by atoms with Gasteiger partial charge >= 0.3 is 0 Å². The van der Waals surface area contributed by atoms with Crippen LogP contribution in [0, 0.1) is 11.2 Å². The van der Waals surface area contributed by atoms with Gasteiger partial charge in [0.15, 0.2) is 0 Å². The zero-order valence-electron chi connectivity index (χ0n) is 12.1. The van der Waals surface area contributed by atoms with Crippen molar-refractivity contribution in [3.8, 4) is 0 Å². The highest BCUT2D eigenvalue weighted by Crippen LogP contribution is 2.47. The number of para-hydroxylation sites is 1. The van der Waals surface area contributed by atoms with Crippen molar-refractivity contribution in [2.75, 3.05) is 10.6 Å². The van der Waals surface area contributed by atoms with Crippen LogP contribution in [0.1, 0.15) is 12.8 Å². The van der Waals surface area contributed by atoms with E-state index in [-0.39, 0.29) is 10.9 Å². The van der Waals surface area contributed by atoms with Crippen LogP contribution >= 0.6 is 11.6 Å². The molecule has 0 aromatic heterocycles. The number of anilines is 2. The number of carbonyl (C=O) groups is 2. The van der Waals surface area contributed by atoms with Gasteiger partial charge in [-0.2, -0.15) is 0 Å². The van der Waals surface area contributed by atoms with Gasteiger partial charge in [-0.25, -0.2) is 4.39 Å². The Balaban J connectivity index is 1.70. The van der Waals surface area contributed by atoms with Gasteiger partial charge in [0.25, 0.3) is 0 Å². The van der Waals surface area contributed by atoms with Crippen molar-refractivity contribution in [3.05, 3.63) is 59.4 Å². The Kier molecular flexibility index (Phi) is 4.05. The molecule has 0 unspecified atom stereocenters. The SMILES string of the molecule is O=C(Nc1ccccc1)C1(C(=O)Nc2ccc(F)c(Cl)c2)CC1. The second-order valence-electron chi connectivity index (χ2n) is 5.49. The standard InChI is InChI=1S/C17H14ClFN2O2/c18-13-10-12(6-7-14(13)19)21-16(23)17(8-9-17)15(22)20-11-4-2-1-3-5-11/h1-7,10H,8-9H2,(H,20,22)(H,21,23). The topological polar surface area (TPSA) is 58.2 Å². The van der Waals surface area contributed by atoms with Gasteiger partial charge in [-0.3, -0.25) is 9.59 Å². The molecule has 2 aromatic carbocycles. The molecule has 6 heteroatoms. The highest BCUT2D eigenvalue weighted by Gasteiger charge is 2.56. The van der Waals surface area contributed by atoms with Gasteiger partial charge in [0.2, 0.25) is 11.8 Å². The van der Waals surface area contributed by atoms with Gasteiger partial charge in [0.1, 0.15) is 11.2 Å². The van der Waals surface area contributed by atoms with Crippen LogP contribution in [-0.2, 0) is 9.59 Å². The second-order valence-corrected chi connectivity index (χ2v) is 5.89. The van der Waals surface area contributed by atoms with Gasteiger partial charge in [-0.15, -0.1) is 0 Å². The maximum atomic E-state index is 13.1. The minimum atomic E-state index is -1.07. The Bertz CT molecular complexity index is 760. The largest absolute Gasteiger partial charge is 0.325 e. The van der Waals surface area contributed by atoms with E-state index in [4.69, 9.17) is 11.6 Å². The second kappa shape index (κ2) is 6.01. The number of carbonyl (C=O) groups excluding carboxylic acids is 2. The molecule has 0 saturated heterocycles. The minimum absolute atomic E-state index is 0.0821. The van der Waals surface area contributed by atoms with Crippen molar-refractivity contribution >= 4 is 34.8 Å². The van der Waals surface area contributed by atoms with Crippen LogP contribution in [-0.4, -0.2) is 11.8 Å². The van der Waals surface area contributed by atoms with Gasteiger partial charge in [0, 0.05) is 11.4 Å². The number of rotatable bonds is 4. The lowest BCUT2D eigenvalue weighted by atomic mass is 10.0. The third-order valence-electron chi connectivity index (χ3n) is 3.83. The molecule has 0 radical (unpaired) electrons. The molecule has 118 valence electrons. The number of nitrogens with one attached hydrogen (secondary N) is 2. The van der Waals surface area contributed by atoms with Crippen LogP contribution < -0.4 is 10.6 Å². The van der Waals surface area contributed by atoms with E-state index in [1.54, 1.807) is 24.3 Å². The van der Waals surface area contributed by atoms with Crippen molar-refractivity contribution in [2.24, 2.45) is 5.41 Å². The summed E-state index contributed by atoms with van der Waals surface area (Å²) < 4.78 is 13.1. The molecular weight excluding hydrogens is 319 g/mol. The molecule has 3 rings (SSSR count). The normalized spacial score (nSPS) is 14.9. The van der Waals surface area contributed by atoms with Crippen LogP contribution in [0.3, 0.4) is 0 Å². The molecule has 4 nitrogen and oxygen atoms in total. The Morgan fingerprint density at radius 3 is 2.13 bits per heavy atom. The fourth-order valence-electron chi connectivity index (χ4n) is 2.28. The average molecular weight is 333 g/mol. The van der Waals surface area contributed by atoms with Gasteiger partial charge in [0.05, 0.1) is 5.02 Å². The first-order chi connectivity index (χ1) is 11.0. The van der Waals surface area contributed by atoms with Crippen molar-refractivity contribution in [2.45, 2.75) is 12.8 Å². The Labute approximate surface area is 137 Å². The summed E-state index contributed by atoms with van der Waals surface area (Å²) in [6.07, 6.45) is 0.957. The van der Waals surface area contributed by atoms with Gasteiger partial charge in [-0.1, -0.05) is 29.8 Å². The molecule has 1 saturated carbocycles. The van der Waals surface area contributed by atoms with Crippen molar-refractivity contribution in [3.63, 3.8) is 0 Å². The molecular formula is C17H14ClFN2O2. The molecule has 0 aliphatic heterocycles. The average Bonchev–Trinajstić information content (AvgIpc) is 3.34. The first-order valence-electron chi connectivity index (χ1n) is 7.14. The maximum absolute atomic E-state index is 13.1. The highest BCUT2D eigenvalue weighted by atomic mass is 35.5. The lowest BCUT2D eigenvalue weighted by Gasteiger charge is -2.15. The molecule has 0 bridgehead atoms. The zero-order chi connectivity index (χ0) is 16.4. The molecule has 2 N–H and O–H groups in total. The molecule has 2 amide bonds. The number of benzene rings is 2. The fourth-order valence-corrected chi connectivity index (χ4v) is 2.46. The summed E-state index contributed by atoms with van der Waals surface area (Å²) in [7, 11) is 0. The molecule has 0 atom stereocenters. The fraction of sp³-hybridized carbons (Fsp3) is 0.176. The Hall–Kier alpha value is -2.40. The summed E-state index contributed by atoms with van der Waals surface area (Å²) in [6.45, 7) is 0. The summed E-state index contributed by atoms with van der Waals surface area (Å²) in [5, 5.41) is 5.29. The predicted octanol–water partition coefficient (Wildman–Crippen LogP) is 3.84. The molecule has 0 spiro atoms. The van der Waals surface area contributed by atoms with Gasteiger partial charge < -0.3 is 10.6 Å². The quantitative estimate of drug-likeness (QED) is 0.836. The molecule has 1 fully saturated rings. The summed E-state index contributed by atoms with van der Waals surface area (Å²) in [4.78, 5) is 24.8. The third kappa shape index (κ3) is 3.19. The van der Waals surface area contributed by atoms with Gasteiger partial charge in [-0.05, 0) is 43.2 Å². The molecule has 23 heavy (non-hydrogen) atoms. The van der Waals surface area contributed by atoms with Crippen LogP contribution in [0.5, 0.6) is 0 Å².